The summed E-state index contributed by atoms with van der Waals surface area (Å²) in [6, 6.07) is 0.566. The molecule has 18 heavy (non-hydrogen) atoms. The number of aromatic nitrogens is 2. The zero-order valence-electron chi connectivity index (χ0n) is 12.1. The van der Waals surface area contributed by atoms with Gasteiger partial charge in [0.05, 0.1) is 6.20 Å². The Balaban J connectivity index is 1.99. The van der Waals surface area contributed by atoms with Crippen LogP contribution in [0.5, 0.6) is 0 Å². The average molecular weight is 250 g/mol. The number of nitrogens with zero attached hydrogens (tertiary/aromatic N) is 3. The number of nitrogens with one attached hydrogen (secondary N) is 1. The Bertz CT molecular complexity index is 377. The van der Waals surface area contributed by atoms with Gasteiger partial charge < -0.3 is 5.32 Å². The molecule has 1 aliphatic heterocycles. The maximum Gasteiger partial charge on any atom is 0.0534 e. The first kappa shape index (κ1) is 13.6. The molecule has 1 N–H and O–H groups in total. The summed E-state index contributed by atoms with van der Waals surface area (Å²) < 4.78 is 1.88. The van der Waals surface area contributed by atoms with Crippen LogP contribution in [0.25, 0.3) is 0 Å². The quantitative estimate of drug-likeness (QED) is 0.866. The van der Waals surface area contributed by atoms with Crippen molar-refractivity contribution in [2.45, 2.75) is 39.8 Å². The van der Waals surface area contributed by atoms with Crippen molar-refractivity contribution >= 4 is 0 Å². The summed E-state index contributed by atoms with van der Waals surface area (Å²) in [4.78, 5) is 2.55. The molecule has 2 rings (SSSR count). The van der Waals surface area contributed by atoms with E-state index < -0.39 is 0 Å². The van der Waals surface area contributed by atoms with E-state index in [4.69, 9.17) is 0 Å². The van der Waals surface area contributed by atoms with Gasteiger partial charge in [0.25, 0.3) is 0 Å². The number of aryl methyl sites for hydroxylation is 1. The molecule has 4 heteroatoms. The van der Waals surface area contributed by atoms with Crippen molar-refractivity contribution in [3.05, 3.63) is 18.0 Å². The molecule has 0 aromatic carbocycles. The Kier molecular flexibility index (Phi) is 4.07. The minimum Gasteiger partial charge on any atom is -0.312 e. The van der Waals surface area contributed by atoms with E-state index in [-0.39, 0.29) is 0 Å². The monoisotopic (exact) mass is 250 g/mol. The third-order valence-electron chi connectivity index (χ3n) is 3.69. The van der Waals surface area contributed by atoms with Crippen LogP contribution in [-0.4, -0.2) is 40.4 Å². The lowest BCUT2D eigenvalue weighted by atomic mass is 9.86. The van der Waals surface area contributed by atoms with Crippen LogP contribution in [0.4, 0.5) is 0 Å². The maximum atomic E-state index is 4.25. The lowest BCUT2D eigenvalue weighted by molar-refractivity contribution is 0.192. The van der Waals surface area contributed by atoms with E-state index in [1.54, 1.807) is 0 Å². The molecule has 1 unspecified atom stereocenters. The second kappa shape index (κ2) is 5.41. The molecule has 2 heterocycles. The van der Waals surface area contributed by atoms with Gasteiger partial charge in [0.1, 0.15) is 0 Å². The van der Waals surface area contributed by atoms with Crippen molar-refractivity contribution in [2.75, 3.05) is 19.6 Å². The van der Waals surface area contributed by atoms with Gasteiger partial charge >= 0.3 is 0 Å². The largest absolute Gasteiger partial charge is 0.312 e. The number of hydrogen-bond donors (Lipinski definition) is 1. The highest BCUT2D eigenvalue weighted by atomic mass is 15.2. The third-order valence-corrected chi connectivity index (χ3v) is 3.69. The summed E-state index contributed by atoms with van der Waals surface area (Å²) in [5, 5.41) is 7.93. The summed E-state index contributed by atoms with van der Waals surface area (Å²) in [6.45, 7) is 11.4. The molecule has 0 saturated carbocycles. The standard InChI is InChI=1S/C14H26N4/c1-14(2,3)13-11-18(7-5-6-15-13)10-12-8-16-17(4)9-12/h8-9,13,15H,5-7,10-11H2,1-4H3. The predicted molar refractivity (Wildman–Crippen MR) is 74.3 cm³/mol. The van der Waals surface area contributed by atoms with Crippen molar-refractivity contribution in [1.29, 1.82) is 0 Å². The molecule has 0 radical (unpaired) electrons. The van der Waals surface area contributed by atoms with Gasteiger partial charge in [-0.1, -0.05) is 20.8 Å². The molecule has 0 bridgehead atoms. The van der Waals surface area contributed by atoms with E-state index in [9.17, 15) is 0 Å². The number of hydrogen-bond acceptors (Lipinski definition) is 3. The second-order valence-electron chi connectivity index (χ2n) is 6.48. The van der Waals surface area contributed by atoms with Crippen LogP contribution in [0.1, 0.15) is 32.8 Å². The summed E-state index contributed by atoms with van der Waals surface area (Å²) in [5.41, 5.74) is 1.63. The third kappa shape index (κ3) is 3.56. The first-order valence-corrected chi connectivity index (χ1v) is 6.88. The zero-order valence-corrected chi connectivity index (χ0v) is 12.1. The Hall–Kier alpha value is -0.870. The van der Waals surface area contributed by atoms with Crippen LogP contribution in [0.3, 0.4) is 0 Å². The van der Waals surface area contributed by atoms with Crippen molar-refractivity contribution in [2.24, 2.45) is 12.5 Å². The van der Waals surface area contributed by atoms with Gasteiger partial charge in [-0.15, -0.1) is 0 Å². The molecule has 4 nitrogen and oxygen atoms in total. The zero-order chi connectivity index (χ0) is 13.2. The van der Waals surface area contributed by atoms with Gasteiger partial charge in [0.15, 0.2) is 0 Å². The normalized spacial score (nSPS) is 23.0. The summed E-state index contributed by atoms with van der Waals surface area (Å²) in [5.74, 6) is 0. The SMILES string of the molecule is Cn1cc(CN2CCCNC(C(C)(C)C)C2)cn1. The average Bonchev–Trinajstić information content (AvgIpc) is 2.53. The Morgan fingerprint density at radius 3 is 2.83 bits per heavy atom. The first-order valence-electron chi connectivity index (χ1n) is 6.88. The van der Waals surface area contributed by atoms with E-state index in [0.29, 0.717) is 11.5 Å². The van der Waals surface area contributed by atoms with Crippen LogP contribution < -0.4 is 5.32 Å². The van der Waals surface area contributed by atoms with Gasteiger partial charge in [-0.05, 0) is 24.9 Å². The van der Waals surface area contributed by atoms with Crippen molar-refractivity contribution in [1.82, 2.24) is 20.0 Å². The fourth-order valence-corrected chi connectivity index (χ4v) is 2.53. The van der Waals surface area contributed by atoms with Crippen LogP contribution >= 0.6 is 0 Å². The summed E-state index contributed by atoms with van der Waals surface area (Å²) >= 11 is 0. The molecule has 1 atom stereocenters. The highest BCUT2D eigenvalue weighted by Gasteiger charge is 2.27. The Morgan fingerprint density at radius 1 is 1.44 bits per heavy atom. The summed E-state index contributed by atoms with van der Waals surface area (Å²) in [6.07, 6.45) is 5.32. The van der Waals surface area contributed by atoms with E-state index in [1.165, 1.54) is 18.5 Å². The van der Waals surface area contributed by atoms with Crippen LogP contribution in [-0.2, 0) is 13.6 Å². The Labute approximate surface area is 110 Å². The molecular weight excluding hydrogens is 224 g/mol. The molecule has 102 valence electrons. The Morgan fingerprint density at radius 2 is 2.22 bits per heavy atom. The fourth-order valence-electron chi connectivity index (χ4n) is 2.53. The maximum absolute atomic E-state index is 4.25. The number of rotatable bonds is 2. The summed E-state index contributed by atoms with van der Waals surface area (Å²) in [7, 11) is 1.98. The van der Waals surface area contributed by atoms with E-state index >= 15 is 0 Å². The van der Waals surface area contributed by atoms with Gasteiger partial charge in [0.2, 0.25) is 0 Å². The van der Waals surface area contributed by atoms with Crippen LogP contribution in [0.2, 0.25) is 0 Å². The molecule has 1 aromatic rings. The van der Waals surface area contributed by atoms with E-state index in [2.05, 4.69) is 42.3 Å². The molecule has 1 aromatic heterocycles. The second-order valence-corrected chi connectivity index (χ2v) is 6.48. The fraction of sp³-hybridized carbons (Fsp3) is 0.786. The molecule has 1 aliphatic rings. The van der Waals surface area contributed by atoms with Gasteiger partial charge in [-0.25, -0.2) is 0 Å². The van der Waals surface area contributed by atoms with E-state index in [1.807, 2.05) is 17.9 Å². The molecule has 0 amide bonds. The van der Waals surface area contributed by atoms with Crippen LogP contribution in [0.15, 0.2) is 12.4 Å². The molecule has 0 aliphatic carbocycles. The molecule has 0 spiro atoms. The minimum atomic E-state index is 0.317. The van der Waals surface area contributed by atoms with Gasteiger partial charge in [0, 0.05) is 37.9 Å². The topological polar surface area (TPSA) is 33.1 Å². The minimum absolute atomic E-state index is 0.317. The lowest BCUT2D eigenvalue weighted by Gasteiger charge is -2.33. The lowest BCUT2D eigenvalue weighted by Crippen LogP contribution is -2.46. The smallest absolute Gasteiger partial charge is 0.0534 e. The van der Waals surface area contributed by atoms with Crippen LogP contribution in [0, 0.1) is 5.41 Å². The molecule has 1 fully saturated rings. The highest BCUT2D eigenvalue weighted by molar-refractivity contribution is 5.03. The molecular formula is C14H26N4. The van der Waals surface area contributed by atoms with Crippen molar-refractivity contribution in [3.8, 4) is 0 Å². The predicted octanol–water partition coefficient (Wildman–Crippen LogP) is 1.63. The van der Waals surface area contributed by atoms with Crippen molar-refractivity contribution in [3.63, 3.8) is 0 Å². The molecule has 1 saturated heterocycles. The van der Waals surface area contributed by atoms with Gasteiger partial charge in [-0.2, -0.15) is 5.10 Å². The first-order chi connectivity index (χ1) is 8.45. The highest BCUT2D eigenvalue weighted by Crippen LogP contribution is 2.22. The van der Waals surface area contributed by atoms with Crippen molar-refractivity contribution < 1.29 is 0 Å². The van der Waals surface area contributed by atoms with E-state index in [0.717, 1.165) is 19.6 Å². The van der Waals surface area contributed by atoms with Gasteiger partial charge in [-0.3, -0.25) is 9.58 Å².